The molecule has 0 aromatic rings. The Labute approximate surface area is 492 Å². The molecule has 0 fully saturated rings. The Morgan fingerprint density at radius 1 is 0.253 bits per heavy atom. The minimum Gasteiger partial charge on any atom is -0.462 e. The zero-order valence-corrected chi connectivity index (χ0v) is 53.2. The van der Waals surface area contributed by atoms with E-state index in [4.69, 9.17) is 14.2 Å². The lowest BCUT2D eigenvalue weighted by Gasteiger charge is -2.18. The van der Waals surface area contributed by atoms with Crippen LogP contribution in [0.5, 0.6) is 0 Å². The molecular weight excluding hydrogens is 973 g/mol. The molecule has 0 amide bonds. The molecule has 6 heteroatoms. The Balaban J connectivity index is 4.23. The van der Waals surface area contributed by atoms with E-state index in [9.17, 15) is 14.4 Å². The van der Waals surface area contributed by atoms with Gasteiger partial charge in [-0.1, -0.05) is 326 Å². The van der Waals surface area contributed by atoms with Gasteiger partial charge in [-0.3, -0.25) is 14.4 Å². The van der Waals surface area contributed by atoms with Crippen LogP contribution in [-0.2, 0) is 28.6 Å². The lowest BCUT2D eigenvalue weighted by atomic mass is 10.0. The minimum absolute atomic E-state index is 0.0698. The third kappa shape index (κ3) is 66.1. The summed E-state index contributed by atoms with van der Waals surface area (Å²) in [5.41, 5.74) is 0. The van der Waals surface area contributed by atoms with E-state index >= 15 is 0 Å². The summed E-state index contributed by atoms with van der Waals surface area (Å²) in [7, 11) is 0. The summed E-state index contributed by atoms with van der Waals surface area (Å²) in [6.45, 7) is 6.68. The predicted molar refractivity (Wildman–Crippen MR) is 344 cm³/mol. The first-order valence-corrected chi connectivity index (χ1v) is 35.1. The van der Waals surface area contributed by atoms with Gasteiger partial charge in [0, 0.05) is 19.3 Å². The zero-order chi connectivity index (χ0) is 57.1. The van der Waals surface area contributed by atoms with Crippen molar-refractivity contribution in [3.05, 3.63) is 48.6 Å². The average Bonchev–Trinajstić information content (AvgIpc) is 3.45. The number of hydrogen-bond acceptors (Lipinski definition) is 6. The molecular formula is C73H134O6. The van der Waals surface area contributed by atoms with Gasteiger partial charge in [-0.2, -0.15) is 0 Å². The summed E-state index contributed by atoms with van der Waals surface area (Å²) in [4.78, 5) is 38.4. The predicted octanol–water partition coefficient (Wildman–Crippen LogP) is 24.1. The molecule has 0 saturated carbocycles. The van der Waals surface area contributed by atoms with E-state index in [0.29, 0.717) is 19.3 Å². The number of allylic oxidation sites excluding steroid dienone is 8. The fourth-order valence-electron chi connectivity index (χ4n) is 10.5. The van der Waals surface area contributed by atoms with Gasteiger partial charge in [-0.15, -0.1) is 0 Å². The summed E-state index contributed by atoms with van der Waals surface area (Å²) in [5.74, 6) is -0.849. The number of unbranched alkanes of at least 4 members (excludes halogenated alkanes) is 46. The van der Waals surface area contributed by atoms with Gasteiger partial charge < -0.3 is 14.2 Å². The average molecular weight is 1110 g/mol. The summed E-state index contributed by atoms with van der Waals surface area (Å²) < 4.78 is 17.0. The Morgan fingerprint density at radius 3 is 0.722 bits per heavy atom. The van der Waals surface area contributed by atoms with Gasteiger partial charge in [0.15, 0.2) is 6.10 Å². The second kappa shape index (κ2) is 67.9. The van der Waals surface area contributed by atoms with Gasteiger partial charge in [0.05, 0.1) is 0 Å². The molecule has 0 spiro atoms. The monoisotopic (exact) mass is 1110 g/mol. The molecule has 462 valence electrons. The Morgan fingerprint density at radius 2 is 0.456 bits per heavy atom. The van der Waals surface area contributed by atoms with Crippen molar-refractivity contribution in [3.8, 4) is 0 Å². The van der Waals surface area contributed by atoms with E-state index in [2.05, 4.69) is 69.4 Å². The fraction of sp³-hybridized carbons (Fsp3) is 0.849. The largest absolute Gasteiger partial charge is 0.462 e. The summed E-state index contributed by atoms with van der Waals surface area (Å²) in [5, 5.41) is 0. The van der Waals surface area contributed by atoms with Crippen molar-refractivity contribution in [1.29, 1.82) is 0 Å². The highest BCUT2D eigenvalue weighted by Gasteiger charge is 2.19. The van der Waals surface area contributed by atoms with Crippen molar-refractivity contribution in [1.82, 2.24) is 0 Å². The van der Waals surface area contributed by atoms with E-state index in [0.717, 1.165) is 70.6 Å². The molecule has 1 atom stereocenters. The molecule has 0 aliphatic heterocycles. The second-order valence-electron chi connectivity index (χ2n) is 23.8. The van der Waals surface area contributed by atoms with Gasteiger partial charge in [0.1, 0.15) is 13.2 Å². The maximum atomic E-state index is 12.9. The highest BCUT2D eigenvalue weighted by atomic mass is 16.6. The van der Waals surface area contributed by atoms with Crippen LogP contribution >= 0.6 is 0 Å². The molecule has 0 heterocycles. The molecule has 1 unspecified atom stereocenters. The Kier molecular flexibility index (Phi) is 65.6. The quantitative estimate of drug-likeness (QED) is 0.0261. The molecule has 0 N–H and O–H groups in total. The van der Waals surface area contributed by atoms with Gasteiger partial charge in [-0.25, -0.2) is 0 Å². The lowest BCUT2D eigenvalue weighted by Crippen LogP contribution is -2.30. The summed E-state index contributed by atoms with van der Waals surface area (Å²) in [6, 6.07) is 0. The van der Waals surface area contributed by atoms with Crippen molar-refractivity contribution >= 4 is 17.9 Å². The van der Waals surface area contributed by atoms with Crippen molar-refractivity contribution < 1.29 is 28.6 Å². The summed E-state index contributed by atoms with van der Waals surface area (Å²) >= 11 is 0. The molecule has 79 heavy (non-hydrogen) atoms. The van der Waals surface area contributed by atoms with Crippen molar-refractivity contribution in [3.63, 3.8) is 0 Å². The SMILES string of the molecule is CCCCCCC/C=C\C/C=C\C/C=C\CCCCCCCCCCCCCCCCC(=O)OCC(COC(=O)CCCCCCCCCCCCCCCCC)OC(=O)CCCCCCCCC/C=C\CCCCCCCC. The molecule has 0 aromatic carbocycles. The Bertz CT molecular complexity index is 1360. The van der Waals surface area contributed by atoms with Gasteiger partial charge in [0.2, 0.25) is 0 Å². The first-order valence-electron chi connectivity index (χ1n) is 35.1. The topological polar surface area (TPSA) is 78.9 Å². The normalized spacial score (nSPS) is 12.3. The van der Waals surface area contributed by atoms with Gasteiger partial charge in [-0.05, 0) is 83.5 Å². The maximum Gasteiger partial charge on any atom is 0.306 e. The molecule has 6 nitrogen and oxygen atoms in total. The summed E-state index contributed by atoms with van der Waals surface area (Å²) in [6.07, 6.45) is 85.6. The van der Waals surface area contributed by atoms with Crippen LogP contribution in [0.3, 0.4) is 0 Å². The molecule has 0 aromatic heterocycles. The first kappa shape index (κ1) is 76.4. The van der Waals surface area contributed by atoms with E-state index < -0.39 is 6.10 Å². The molecule has 0 aliphatic rings. The third-order valence-electron chi connectivity index (χ3n) is 15.8. The van der Waals surface area contributed by atoms with E-state index in [1.54, 1.807) is 0 Å². The zero-order valence-electron chi connectivity index (χ0n) is 53.2. The van der Waals surface area contributed by atoms with Crippen molar-refractivity contribution in [2.45, 2.75) is 386 Å². The highest BCUT2D eigenvalue weighted by Crippen LogP contribution is 2.18. The number of carbonyl (C=O) groups is 3. The van der Waals surface area contributed by atoms with Crippen molar-refractivity contribution in [2.75, 3.05) is 13.2 Å². The maximum absolute atomic E-state index is 12.9. The van der Waals surface area contributed by atoms with Gasteiger partial charge in [0.25, 0.3) is 0 Å². The lowest BCUT2D eigenvalue weighted by molar-refractivity contribution is -0.167. The van der Waals surface area contributed by atoms with Crippen molar-refractivity contribution in [2.24, 2.45) is 0 Å². The van der Waals surface area contributed by atoms with E-state index in [-0.39, 0.29) is 31.1 Å². The second-order valence-corrected chi connectivity index (χ2v) is 23.8. The van der Waals surface area contributed by atoms with Crippen LogP contribution in [0.4, 0.5) is 0 Å². The fourth-order valence-corrected chi connectivity index (χ4v) is 10.5. The standard InChI is InChI=1S/C73H134O6/c1-4-7-10-13-16-19-22-25-28-30-31-32-33-34-35-36-37-38-39-40-41-43-45-48-51-54-57-60-63-66-72(75)78-69-70(68-77-71(74)65-62-59-56-53-50-47-44-27-24-21-18-15-12-9-6-3)79-73(76)67-64-61-58-55-52-49-46-42-29-26-23-20-17-14-11-8-5-2/h22,25-26,29-31,33-34,70H,4-21,23-24,27-28,32,35-69H2,1-3H3/b25-22-,29-26-,31-30-,34-33-. The number of carbonyl (C=O) groups excluding carboxylic acids is 3. The Hall–Kier alpha value is -2.63. The molecule has 0 bridgehead atoms. The molecule has 0 rings (SSSR count). The first-order chi connectivity index (χ1) is 39.0. The van der Waals surface area contributed by atoms with Crippen LogP contribution in [0.15, 0.2) is 48.6 Å². The van der Waals surface area contributed by atoms with Gasteiger partial charge >= 0.3 is 17.9 Å². The molecule has 0 saturated heterocycles. The van der Waals surface area contributed by atoms with E-state index in [1.165, 1.54) is 270 Å². The molecule has 0 aliphatic carbocycles. The van der Waals surface area contributed by atoms with Crippen LogP contribution in [-0.4, -0.2) is 37.2 Å². The minimum atomic E-state index is -0.774. The number of esters is 3. The third-order valence-corrected chi connectivity index (χ3v) is 15.8. The van der Waals surface area contributed by atoms with Crippen LogP contribution in [0.2, 0.25) is 0 Å². The highest BCUT2D eigenvalue weighted by molar-refractivity contribution is 5.71. The van der Waals surface area contributed by atoms with Crippen LogP contribution < -0.4 is 0 Å². The number of hydrogen-bond donors (Lipinski definition) is 0. The van der Waals surface area contributed by atoms with Crippen LogP contribution in [0.25, 0.3) is 0 Å². The number of rotatable bonds is 65. The van der Waals surface area contributed by atoms with E-state index in [1.807, 2.05) is 0 Å². The van der Waals surface area contributed by atoms with Crippen LogP contribution in [0.1, 0.15) is 380 Å². The smallest absolute Gasteiger partial charge is 0.306 e. The van der Waals surface area contributed by atoms with Crippen LogP contribution in [0, 0.1) is 0 Å². The molecule has 0 radical (unpaired) electrons. The number of ether oxygens (including phenoxy) is 3.